The third kappa shape index (κ3) is 29.4. The summed E-state index contributed by atoms with van der Waals surface area (Å²) in [5.41, 5.74) is 29.9. The summed E-state index contributed by atoms with van der Waals surface area (Å²) in [5.74, 6) is 5.81. The Morgan fingerprint density at radius 3 is 2.43 bits per heavy atom. The van der Waals surface area contributed by atoms with E-state index in [4.69, 9.17) is 54.0 Å². The van der Waals surface area contributed by atoms with Crippen LogP contribution in [0.1, 0.15) is 107 Å². The number of nitrogens with zero attached hydrogens (tertiary/aromatic N) is 12. The van der Waals surface area contributed by atoms with Gasteiger partial charge in [0, 0.05) is 151 Å². The molecular weight excluding hydrogens is 1760 g/mol. The van der Waals surface area contributed by atoms with Gasteiger partial charge in [-0.3, -0.25) is 37.6 Å². The zero-order chi connectivity index (χ0) is 88.5. The molecule has 0 bridgehead atoms. The quantitative estimate of drug-likeness (QED) is 0.00254. The maximum absolute atomic E-state index is 14.6. The minimum Gasteiger partial charge on any atom is -0.491 e. The number of benzene rings is 4. The first-order valence-electron chi connectivity index (χ1n) is 38.2. The van der Waals surface area contributed by atoms with Crippen molar-refractivity contribution in [3.8, 4) is 29.1 Å². The topological polar surface area (TPSA) is 621 Å². The van der Waals surface area contributed by atoms with Gasteiger partial charge in [-0.25, -0.2) is 28.2 Å². The first-order valence-corrected chi connectivity index (χ1v) is 48.5. The number of nitrogens with two attached hydrogens (primary N) is 1. The molecule has 12 N–H and O–H groups in total. The van der Waals surface area contributed by atoms with Crippen LogP contribution in [0.2, 0.25) is 0 Å². The summed E-state index contributed by atoms with van der Waals surface area (Å²) in [6.45, 7) is 0.773. The summed E-state index contributed by atoms with van der Waals surface area (Å²) in [6, 6.07) is 21.4. The van der Waals surface area contributed by atoms with E-state index >= 15 is 0 Å². The molecule has 4 unspecified atom stereocenters. The van der Waals surface area contributed by atoms with E-state index < -0.39 is 106 Å². The van der Waals surface area contributed by atoms with Gasteiger partial charge in [-0.15, -0.1) is 0 Å². The van der Waals surface area contributed by atoms with Gasteiger partial charge >= 0.3 is 23.5 Å². The van der Waals surface area contributed by atoms with E-state index in [0.29, 0.717) is 98.2 Å². The third-order valence-electron chi connectivity index (χ3n) is 19.0. The fourth-order valence-corrected chi connectivity index (χ4v) is 19.6. The van der Waals surface area contributed by atoms with Crippen molar-refractivity contribution in [1.29, 1.82) is 0 Å². The van der Waals surface area contributed by atoms with Crippen LogP contribution in [0.3, 0.4) is 0 Å². The Morgan fingerprint density at radius 2 is 1.65 bits per heavy atom. The first kappa shape index (κ1) is 95.9. The molecule has 44 nitrogen and oxygen atoms in total. The van der Waals surface area contributed by atoms with E-state index in [9.17, 15) is 78.9 Å². The van der Waals surface area contributed by atoms with Gasteiger partial charge in [-0.1, -0.05) is 67.9 Å². The monoisotopic (exact) mass is 1850 g/mol. The molecule has 4 aromatic carbocycles. The van der Waals surface area contributed by atoms with Crippen molar-refractivity contribution in [2.45, 2.75) is 88.9 Å². The van der Waals surface area contributed by atoms with Gasteiger partial charge in [0.1, 0.15) is 86.2 Å². The molecule has 6 aromatic rings. The zero-order valence-corrected chi connectivity index (χ0v) is 72.0. The van der Waals surface area contributed by atoms with Crippen LogP contribution >= 0.6 is 45.1 Å². The molecule has 6 heterocycles. The Hall–Kier alpha value is -9.33. The fraction of sp³-hybridized carbons (Fsp3) is 0.472. The number of amides is 4. The van der Waals surface area contributed by atoms with E-state index in [1.54, 1.807) is 42.3 Å². The van der Waals surface area contributed by atoms with Gasteiger partial charge in [0.25, 0.3) is 32.1 Å². The highest BCUT2D eigenvalue weighted by molar-refractivity contribution is 8.76. The minimum atomic E-state index is -5.84. The highest BCUT2D eigenvalue weighted by Crippen LogP contribution is 2.66. The number of aryl methyl sites for hydroxylation is 1. The number of carbonyl (C=O) groups excluding carboxylic acids is 5. The Bertz CT molecular complexity index is 5580. The molecule has 664 valence electrons. The molecule has 1 fully saturated rings. The van der Waals surface area contributed by atoms with Crippen molar-refractivity contribution < 1.29 is 125 Å². The number of ketones is 1. The number of ether oxygens (including phenoxy) is 6. The molecule has 0 saturated carbocycles. The molecule has 0 aliphatic carbocycles. The molecule has 10 rings (SSSR count). The molecule has 2 aromatic heterocycles. The normalized spacial score (nSPS) is 16.7. The highest BCUT2D eigenvalue weighted by Gasteiger charge is 2.44. The predicted molar refractivity (Wildman–Crippen MR) is 448 cm³/mol. The molecule has 4 aliphatic heterocycles. The minimum absolute atomic E-state index is 0.00446. The Kier molecular flexibility index (Phi) is 35.1. The number of phosphoric acid groups is 3. The first-order chi connectivity index (χ1) is 58.6. The molecule has 4 aliphatic rings. The Morgan fingerprint density at radius 1 is 0.862 bits per heavy atom. The Balaban J connectivity index is 0.598. The second kappa shape index (κ2) is 45.0. The summed E-state index contributed by atoms with van der Waals surface area (Å²) in [4.78, 5) is 121. The molecule has 51 heteroatoms. The van der Waals surface area contributed by atoms with Crippen LogP contribution in [0.4, 0.5) is 17.2 Å². The molecule has 0 radical (unpaired) electrons. The van der Waals surface area contributed by atoms with Crippen LogP contribution in [-0.2, 0) is 86.8 Å². The second-order valence-corrected chi connectivity index (χ2v) is 38.1. The van der Waals surface area contributed by atoms with E-state index in [1.807, 2.05) is 35.2 Å². The van der Waals surface area contributed by atoms with Crippen LogP contribution in [0, 0.1) is 11.8 Å². The van der Waals surface area contributed by atoms with Crippen molar-refractivity contribution in [2.24, 2.45) is 10.2 Å². The lowest BCUT2D eigenvalue weighted by atomic mass is 9.87. The largest absolute Gasteiger partial charge is 0.491 e. The van der Waals surface area contributed by atoms with E-state index in [1.165, 1.54) is 38.4 Å². The summed E-state index contributed by atoms with van der Waals surface area (Å²) >= 11 is 0. The second-order valence-electron chi connectivity index (χ2n) is 27.8. The van der Waals surface area contributed by atoms with E-state index in [0.717, 1.165) is 52.3 Å². The number of anilines is 3. The maximum Gasteiger partial charge on any atom is 0.490 e. The third-order valence-corrected chi connectivity index (χ3v) is 26.8. The van der Waals surface area contributed by atoms with Crippen LogP contribution in [-0.4, -0.2) is 242 Å². The molecular formula is C72H91N17O27P3S4+. The number of azide groups is 2. The van der Waals surface area contributed by atoms with Crippen molar-refractivity contribution in [1.82, 2.24) is 40.0 Å². The van der Waals surface area contributed by atoms with Crippen LogP contribution in [0.15, 0.2) is 95.5 Å². The number of nitrogen functional groups attached to an aromatic ring is 1. The van der Waals surface area contributed by atoms with Crippen molar-refractivity contribution in [2.75, 3.05) is 145 Å². The van der Waals surface area contributed by atoms with Crippen LogP contribution in [0.5, 0.6) is 17.2 Å². The van der Waals surface area contributed by atoms with Crippen molar-refractivity contribution >= 4 is 129 Å². The van der Waals surface area contributed by atoms with E-state index in [-0.39, 0.29) is 129 Å². The van der Waals surface area contributed by atoms with Gasteiger partial charge in [0.2, 0.25) is 17.2 Å². The number of aromatic nitrogens is 3. The fourth-order valence-electron chi connectivity index (χ4n) is 13.6. The lowest BCUT2D eigenvalue weighted by Gasteiger charge is -2.34. The van der Waals surface area contributed by atoms with E-state index in [2.05, 4.69) is 82.4 Å². The number of hydrogen-bond acceptors (Lipinski definition) is 30. The lowest BCUT2D eigenvalue weighted by molar-refractivity contribution is -0.126. The Labute approximate surface area is 712 Å². The molecule has 0 spiro atoms. The standard InChI is InChI=1S/C72H90N17O27P3S4/c1-86(72(94)53-17-3-2-16-52(53)68-54-36-47-13-7-25-87(26-9-33-122(102,103)104)57(47)38-59(54)113-60-39-58-56(37-55(60)68)76-22-28-88(58)27-10-34-123(105,106)107)24-8-18-63(91)78-23-32-121-120-31-19-50(90)14-6-21-79-71(93)48-11-4-15-51(35-48)110-44-65(83-85-75)109-30-29-108-43-64(92)77-20-5-12-49-41-89(70-67(49)69(73)80-45-81-70)66-40-61(111-46-82-84-74)62(114-66)42-112-118(98,99)116-119(100,101)115-117(95,96)97/h2-4,11,15-17,35-39,41,45,61-62,65-66H,6-10,13-14,18-34,40,42-44,46H2,1H3,(H11-,73,76,77,78,79,80,81,91,92,93,94,95,96,97,98,99,100,101,102,103,104,105,106,107)/p+1/t61?,62-,65?,66-/m1/s1. The number of nitrogens with one attached hydrogen (secondary N) is 4. The number of hydrogen-bond donors (Lipinski definition) is 11. The smallest absolute Gasteiger partial charge is 0.490 e. The van der Waals surface area contributed by atoms with Crippen LogP contribution in [0.25, 0.3) is 37.5 Å². The SMILES string of the molecule is CN(CCCC(=O)NCCSSCCC(=O)CCCNC(=O)c1cccc(OCC(N=[N+]=[N-])OCCOCC(=O)NCC#Cc2cn([C@H]3CC(OCN=[N+]=[N-])[C@@H](COP(=O)(O)OP(=O)(O)OP(=O)(O)O)O3)c3ncnc(N)c23)c1)C(=O)c1ccccc1C1=c2cc3c(cc2Oc2cc4c(cc21)NCCN4CCCS(=O)(=O)O)=[N+](CCCS(=O)(=O)O)CCC3. The average molecular weight is 1850 g/mol. The summed E-state index contributed by atoms with van der Waals surface area (Å²) in [6.07, 6.45) is 1.42. The van der Waals surface area contributed by atoms with Crippen LogP contribution < -0.4 is 56.5 Å². The number of Topliss-reactive ketones (excluding diaryl/α,β-unsaturated/α-hetero) is 1. The van der Waals surface area contributed by atoms with Gasteiger partial charge < -0.3 is 89.4 Å². The van der Waals surface area contributed by atoms with Gasteiger partial charge in [0.05, 0.1) is 72.4 Å². The number of phosphoric ester groups is 1. The number of fused-ring (bicyclic) bond motifs is 5. The maximum atomic E-state index is 14.6. The summed E-state index contributed by atoms with van der Waals surface area (Å²) in [5, 5.41) is 20.5. The summed E-state index contributed by atoms with van der Waals surface area (Å²) < 4.78 is 152. The zero-order valence-electron chi connectivity index (χ0n) is 66.1. The highest BCUT2D eigenvalue weighted by atomic mass is 33.1. The predicted octanol–water partition coefficient (Wildman–Crippen LogP) is 5.61. The number of rotatable bonds is 48. The molecule has 1 saturated heterocycles. The molecule has 6 atom stereocenters. The summed E-state index contributed by atoms with van der Waals surface area (Å²) in [7, 11) is -20.7. The average Bonchev–Trinajstić information content (AvgIpc) is 1.50. The van der Waals surface area contributed by atoms with Crippen molar-refractivity contribution in [3.05, 3.63) is 150 Å². The molecule has 123 heavy (non-hydrogen) atoms. The molecule has 4 amide bonds. The number of carbonyl (C=O) groups is 5. The van der Waals surface area contributed by atoms with Gasteiger partial charge in [-0.2, -0.15) is 25.5 Å². The van der Waals surface area contributed by atoms with Crippen molar-refractivity contribution in [3.63, 3.8) is 0 Å². The lowest BCUT2D eigenvalue weighted by Crippen LogP contribution is -2.40. The van der Waals surface area contributed by atoms with Gasteiger partial charge in [-0.05, 0) is 78.7 Å². The van der Waals surface area contributed by atoms with Gasteiger partial charge in [0.15, 0.2) is 6.23 Å².